The fraction of sp³-hybridized carbons (Fsp3) is 0.312. The normalized spacial score (nSPS) is 11.7. The van der Waals surface area contributed by atoms with E-state index in [1.54, 1.807) is 6.07 Å². The first-order valence-electron chi connectivity index (χ1n) is 7.16. The van der Waals surface area contributed by atoms with Crippen LogP contribution in [0.25, 0.3) is 0 Å². The van der Waals surface area contributed by atoms with Gasteiger partial charge in [0.25, 0.3) is 0 Å². The van der Waals surface area contributed by atoms with Crippen LogP contribution in [0.5, 0.6) is 5.75 Å². The summed E-state index contributed by atoms with van der Waals surface area (Å²) in [5, 5.41) is 14.0. The molecular formula is C16H19N3O3. The molecule has 22 heavy (non-hydrogen) atoms. The third-order valence-electron chi connectivity index (χ3n) is 3.23. The Morgan fingerprint density at radius 1 is 1.36 bits per heavy atom. The third-order valence-corrected chi connectivity index (χ3v) is 3.23. The molecule has 0 amide bonds. The average molecular weight is 301 g/mol. The van der Waals surface area contributed by atoms with Gasteiger partial charge in [-0.15, -0.1) is 0 Å². The average Bonchev–Trinajstić information content (AvgIpc) is 2.51. The number of pyridine rings is 1. The molecule has 1 atom stereocenters. The predicted molar refractivity (Wildman–Crippen MR) is 85.3 cm³/mol. The first-order chi connectivity index (χ1) is 10.6. The molecule has 1 N–H and O–H groups in total. The Hall–Kier alpha value is -2.63. The smallest absolute Gasteiger partial charge is 0.311 e. The molecule has 6 nitrogen and oxygen atoms in total. The van der Waals surface area contributed by atoms with Crippen LogP contribution in [0.1, 0.15) is 18.9 Å². The Morgan fingerprint density at radius 3 is 2.86 bits per heavy atom. The lowest BCUT2D eigenvalue weighted by atomic mass is 10.2. The number of benzene rings is 1. The molecule has 6 heteroatoms. The summed E-state index contributed by atoms with van der Waals surface area (Å²) in [6.07, 6.45) is 2.21. The molecule has 1 heterocycles. The summed E-state index contributed by atoms with van der Waals surface area (Å²) in [6.45, 7) is 4.46. The lowest BCUT2D eigenvalue weighted by Gasteiger charge is -2.18. The van der Waals surface area contributed by atoms with Gasteiger partial charge < -0.3 is 10.1 Å². The zero-order valence-corrected chi connectivity index (χ0v) is 12.7. The van der Waals surface area contributed by atoms with E-state index in [1.807, 2.05) is 38.1 Å². The molecule has 2 rings (SSSR count). The number of aromatic nitrogens is 1. The number of hydrogen-bond acceptors (Lipinski definition) is 5. The summed E-state index contributed by atoms with van der Waals surface area (Å²) in [6, 6.07) is 10.8. The largest absolute Gasteiger partial charge is 0.489 e. The highest BCUT2D eigenvalue weighted by Crippen LogP contribution is 2.21. The summed E-state index contributed by atoms with van der Waals surface area (Å²) in [7, 11) is 0. The predicted octanol–water partition coefficient (Wildman–Crippen LogP) is 3.57. The Kier molecular flexibility index (Phi) is 5.30. The maximum absolute atomic E-state index is 11.0. The molecule has 116 valence electrons. The van der Waals surface area contributed by atoms with Crippen molar-refractivity contribution in [2.45, 2.75) is 26.4 Å². The number of rotatable bonds is 7. The lowest BCUT2D eigenvalue weighted by molar-refractivity contribution is -0.384. The number of nitrogens with one attached hydrogen (secondary N) is 1. The van der Waals surface area contributed by atoms with E-state index in [1.165, 1.54) is 12.3 Å². The molecule has 0 fully saturated rings. The topological polar surface area (TPSA) is 77.3 Å². The quantitative estimate of drug-likeness (QED) is 0.625. The van der Waals surface area contributed by atoms with Crippen LogP contribution < -0.4 is 10.1 Å². The first-order valence-corrected chi connectivity index (χ1v) is 7.16. The van der Waals surface area contributed by atoms with Crippen LogP contribution in [-0.2, 0) is 0 Å². The van der Waals surface area contributed by atoms with Crippen molar-refractivity contribution in [3.8, 4) is 5.75 Å². The molecule has 0 saturated heterocycles. The van der Waals surface area contributed by atoms with Gasteiger partial charge in [0, 0.05) is 12.3 Å². The monoisotopic (exact) mass is 301 g/mol. The highest BCUT2D eigenvalue weighted by Gasteiger charge is 2.16. The van der Waals surface area contributed by atoms with Crippen molar-refractivity contribution in [2.24, 2.45) is 0 Å². The van der Waals surface area contributed by atoms with E-state index in [9.17, 15) is 10.1 Å². The minimum Gasteiger partial charge on any atom is -0.489 e. The molecule has 0 saturated carbocycles. The van der Waals surface area contributed by atoms with Gasteiger partial charge in [-0.25, -0.2) is 4.98 Å². The fourth-order valence-electron chi connectivity index (χ4n) is 2.04. The van der Waals surface area contributed by atoms with Crippen LogP contribution in [0.15, 0.2) is 42.6 Å². The Labute approximate surface area is 129 Å². The van der Waals surface area contributed by atoms with Crippen molar-refractivity contribution in [2.75, 3.05) is 11.9 Å². The van der Waals surface area contributed by atoms with E-state index in [0.29, 0.717) is 6.54 Å². The van der Waals surface area contributed by atoms with Crippen molar-refractivity contribution in [3.05, 3.63) is 58.3 Å². The van der Waals surface area contributed by atoms with Crippen molar-refractivity contribution in [1.29, 1.82) is 0 Å². The highest BCUT2D eigenvalue weighted by molar-refractivity contribution is 5.55. The van der Waals surface area contributed by atoms with E-state index < -0.39 is 4.92 Å². The Balaban J connectivity index is 2.01. The van der Waals surface area contributed by atoms with Crippen LogP contribution in [-0.4, -0.2) is 22.6 Å². The maximum Gasteiger partial charge on any atom is 0.311 e. The van der Waals surface area contributed by atoms with Gasteiger partial charge in [0.05, 0.1) is 11.5 Å². The van der Waals surface area contributed by atoms with Gasteiger partial charge in [-0.05, 0) is 37.1 Å². The van der Waals surface area contributed by atoms with Gasteiger partial charge in [-0.2, -0.15) is 0 Å². The first kappa shape index (κ1) is 15.8. The number of nitro groups is 1. The van der Waals surface area contributed by atoms with E-state index in [0.717, 1.165) is 17.7 Å². The number of hydrogen-bond donors (Lipinski definition) is 1. The molecule has 0 spiro atoms. The lowest BCUT2D eigenvalue weighted by Crippen LogP contribution is -2.26. The van der Waals surface area contributed by atoms with Gasteiger partial charge in [0.1, 0.15) is 11.9 Å². The number of aryl methyl sites for hydroxylation is 1. The van der Waals surface area contributed by atoms with Crippen molar-refractivity contribution in [3.63, 3.8) is 0 Å². The standard InChI is InChI=1S/C16H19N3O3/c1-3-13(22-14-7-4-6-12(2)10-14)11-18-16-15(19(20)21)8-5-9-17-16/h4-10,13H,3,11H2,1-2H3,(H,17,18). The van der Waals surface area contributed by atoms with Crippen molar-refractivity contribution < 1.29 is 9.66 Å². The van der Waals surface area contributed by atoms with Crippen LogP contribution >= 0.6 is 0 Å². The second-order valence-electron chi connectivity index (χ2n) is 4.97. The second-order valence-corrected chi connectivity index (χ2v) is 4.97. The van der Waals surface area contributed by atoms with Crippen LogP contribution in [0.4, 0.5) is 11.5 Å². The molecule has 1 unspecified atom stereocenters. The zero-order valence-electron chi connectivity index (χ0n) is 12.7. The van der Waals surface area contributed by atoms with Gasteiger partial charge in [-0.3, -0.25) is 10.1 Å². The second kappa shape index (κ2) is 7.40. The summed E-state index contributed by atoms with van der Waals surface area (Å²) in [5.41, 5.74) is 1.09. The Bertz CT molecular complexity index is 646. The number of anilines is 1. The van der Waals surface area contributed by atoms with Crippen LogP contribution in [0, 0.1) is 17.0 Å². The van der Waals surface area contributed by atoms with Crippen LogP contribution in [0.3, 0.4) is 0 Å². The molecule has 0 aliphatic carbocycles. The molecule has 2 aromatic rings. The van der Waals surface area contributed by atoms with Crippen molar-refractivity contribution in [1.82, 2.24) is 4.98 Å². The summed E-state index contributed by atoms with van der Waals surface area (Å²) in [4.78, 5) is 14.5. The number of nitrogens with zero attached hydrogens (tertiary/aromatic N) is 2. The third kappa shape index (κ3) is 4.18. The van der Waals surface area contributed by atoms with Gasteiger partial charge in [0.2, 0.25) is 5.82 Å². The minimum atomic E-state index is -0.447. The van der Waals surface area contributed by atoms with Crippen molar-refractivity contribution >= 4 is 11.5 Å². The molecule has 1 aromatic carbocycles. The molecule has 1 aromatic heterocycles. The van der Waals surface area contributed by atoms with Gasteiger partial charge in [-0.1, -0.05) is 19.1 Å². The molecule has 0 aliphatic heterocycles. The number of ether oxygens (including phenoxy) is 1. The maximum atomic E-state index is 11.0. The molecule has 0 bridgehead atoms. The van der Waals surface area contributed by atoms with E-state index >= 15 is 0 Å². The SMILES string of the molecule is CCC(CNc1ncccc1[N+](=O)[O-])Oc1cccc(C)c1. The Morgan fingerprint density at radius 2 is 2.18 bits per heavy atom. The van der Waals surface area contributed by atoms with Crippen LogP contribution in [0.2, 0.25) is 0 Å². The zero-order chi connectivity index (χ0) is 15.9. The van der Waals surface area contributed by atoms with E-state index in [2.05, 4.69) is 10.3 Å². The molecular weight excluding hydrogens is 282 g/mol. The molecule has 0 radical (unpaired) electrons. The van der Waals surface area contributed by atoms with E-state index in [-0.39, 0.29) is 17.6 Å². The summed E-state index contributed by atoms with van der Waals surface area (Å²) in [5.74, 6) is 1.06. The van der Waals surface area contributed by atoms with E-state index in [4.69, 9.17) is 4.74 Å². The minimum absolute atomic E-state index is 0.0343. The van der Waals surface area contributed by atoms with Gasteiger partial charge >= 0.3 is 5.69 Å². The highest BCUT2D eigenvalue weighted by atomic mass is 16.6. The fourth-order valence-corrected chi connectivity index (χ4v) is 2.04. The summed E-state index contributed by atoms with van der Waals surface area (Å²) >= 11 is 0. The summed E-state index contributed by atoms with van der Waals surface area (Å²) < 4.78 is 5.91. The molecule has 0 aliphatic rings. The van der Waals surface area contributed by atoms with Gasteiger partial charge in [0.15, 0.2) is 0 Å².